The molecule has 1 aromatic rings. The van der Waals surface area contributed by atoms with Gasteiger partial charge in [0, 0.05) is 18.7 Å². The summed E-state index contributed by atoms with van der Waals surface area (Å²) < 4.78 is 0. The van der Waals surface area contributed by atoms with Gasteiger partial charge in [0.05, 0.1) is 6.54 Å². The lowest BCUT2D eigenvalue weighted by Gasteiger charge is -2.21. The number of nitrogens with zero attached hydrogens (tertiary/aromatic N) is 3. The molecule has 1 aromatic heterocycles. The van der Waals surface area contributed by atoms with E-state index in [0.717, 1.165) is 24.2 Å². The molecule has 0 aliphatic heterocycles. The first-order valence-electron chi connectivity index (χ1n) is 6.55. The molecule has 0 aliphatic rings. The third-order valence-corrected chi connectivity index (χ3v) is 2.65. The van der Waals surface area contributed by atoms with Gasteiger partial charge in [0.25, 0.3) is 0 Å². The Kier molecular flexibility index (Phi) is 5.54. The van der Waals surface area contributed by atoms with Crippen LogP contribution in [-0.2, 0) is 11.2 Å². The Morgan fingerprint density at radius 1 is 1.47 bits per heavy atom. The highest BCUT2D eigenvalue weighted by Crippen LogP contribution is 2.21. The molecule has 19 heavy (non-hydrogen) atoms. The van der Waals surface area contributed by atoms with Crippen LogP contribution >= 0.6 is 0 Å². The van der Waals surface area contributed by atoms with Crippen molar-refractivity contribution in [3.05, 3.63) is 11.9 Å². The smallest absolute Gasteiger partial charge is 0.239 e. The van der Waals surface area contributed by atoms with Gasteiger partial charge < -0.3 is 16.0 Å². The second-order valence-electron chi connectivity index (χ2n) is 4.89. The molecule has 106 valence electrons. The fourth-order valence-electron chi connectivity index (χ4n) is 1.89. The van der Waals surface area contributed by atoms with E-state index in [1.165, 1.54) is 6.33 Å². The largest absolute Gasteiger partial charge is 0.383 e. The van der Waals surface area contributed by atoms with Crippen LogP contribution in [0.15, 0.2) is 6.33 Å². The lowest BCUT2D eigenvalue weighted by molar-refractivity contribution is -0.120. The third-order valence-electron chi connectivity index (χ3n) is 2.65. The molecule has 0 bridgehead atoms. The third kappa shape index (κ3) is 4.39. The van der Waals surface area contributed by atoms with Gasteiger partial charge in [0.15, 0.2) is 0 Å². The zero-order valence-corrected chi connectivity index (χ0v) is 12.1. The van der Waals surface area contributed by atoms with Crippen LogP contribution in [0.3, 0.4) is 0 Å². The lowest BCUT2D eigenvalue weighted by atomic mass is 10.1. The number of amides is 1. The van der Waals surface area contributed by atoms with E-state index in [2.05, 4.69) is 22.2 Å². The normalized spacial score (nSPS) is 10.6. The van der Waals surface area contributed by atoms with Crippen molar-refractivity contribution in [2.45, 2.75) is 39.7 Å². The molecule has 1 heterocycles. The van der Waals surface area contributed by atoms with Crippen LogP contribution in [0.25, 0.3) is 0 Å². The maximum Gasteiger partial charge on any atom is 0.239 e. The van der Waals surface area contributed by atoms with E-state index in [1.807, 2.05) is 20.9 Å². The zero-order chi connectivity index (χ0) is 14.4. The number of likely N-dealkylation sites (N-methyl/N-ethyl adjacent to an activating group) is 1. The number of carbonyl (C=O) groups is 1. The van der Waals surface area contributed by atoms with Crippen LogP contribution in [0.1, 0.15) is 32.8 Å². The van der Waals surface area contributed by atoms with Crippen molar-refractivity contribution in [3.8, 4) is 0 Å². The van der Waals surface area contributed by atoms with Gasteiger partial charge >= 0.3 is 0 Å². The summed E-state index contributed by atoms with van der Waals surface area (Å²) in [6.07, 6.45) is 3.19. The van der Waals surface area contributed by atoms with Gasteiger partial charge in [0.1, 0.15) is 18.0 Å². The molecule has 1 amide bonds. The van der Waals surface area contributed by atoms with E-state index >= 15 is 0 Å². The van der Waals surface area contributed by atoms with Crippen molar-refractivity contribution in [1.82, 2.24) is 15.3 Å². The Labute approximate surface area is 114 Å². The van der Waals surface area contributed by atoms with Gasteiger partial charge in [-0.1, -0.05) is 13.3 Å². The SMILES string of the molecule is CCCc1c(N)ncnc1N(C)CC(=O)NC(C)C. The number of nitrogens with one attached hydrogen (secondary N) is 1. The molecular formula is C13H23N5O. The molecule has 6 nitrogen and oxygen atoms in total. The van der Waals surface area contributed by atoms with Crippen molar-refractivity contribution in [3.63, 3.8) is 0 Å². The summed E-state index contributed by atoms with van der Waals surface area (Å²) >= 11 is 0. The summed E-state index contributed by atoms with van der Waals surface area (Å²) in [5, 5.41) is 2.85. The number of aromatic nitrogens is 2. The summed E-state index contributed by atoms with van der Waals surface area (Å²) in [5.41, 5.74) is 6.79. The molecule has 0 aromatic carbocycles. The number of hydrogen-bond donors (Lipinski definition) is 2. The van der Waals surface area contributed by atoms with Gasteiger partial charge in [-0.25, -0.2) is 9.97 Å². The molecule has 0 saturated heterocycles. The Morgan fingerprint density at radius 3 is 2.74 bits per heavy atom. The molecule has 0 radical (unpaired) electrons. The van der Waals surface area contributed by atoms with E-state index in [9.17, 15) is 4.79 Å². The predicted molar refractivity (Wildman–Crippen MR) is 77.0 cm³/mol. The molecule has 1 rings (SSSR count). The second kappa shape index (κ2) is 6.92. The predicted octanol–water partition coefficient (Wildman–Crippen LogP) is 0.972. The topological polar surface area (TPSA) is 84.1 Å². The molecule has 3 N–H and O–H groups in total. The minimum atomic E-state index is -0.0304. The van der Waals surface area contributed by atoms with Gasteiger partial charge in [-0.3, -0.25) is 4.79 Å². The minimum absolute atomic E-state index is 0.0304. The van der Waals surface area contributed by atoms with E-state index in [1.54, 1.807) is 4.90 Å². The summed E-state index contributed by atoms with van der Waals surface area (Å²) in [4.78, 5) is 21.8. The van der Waals surface area contributed by atoms with Gasteiger partial charge in [-0.2, -0.15) is 0 Å². The summed E-state index contributed by atoms with van der Waals surface area (Å²) in [6.45, 7) is 6.19. The fraction of sp³-hybridized carbons (Fsp3) is 0.615. The molecular weight excluding hydrogens is 242 g/mol. The van der Waals surface area contributed by atoms with Crippen molar-refractivity contribution in [2.75, 3.05) is 24.2 Å². The van der Waals surface area contributed by atoms with Crippen LogP contribution in [0.4, 0.5) is 11.6 Å². The molecule has 0 spiro atoms. The number of nitrogens with two attached hydrogens (primary N) is 1. The van der Waals surface area contributed by atoms with Crippen LogP contribution in [0.2, 0.25) is 0 Å². The van der Waals surface area contributed by atoms with Crippen molar-refractivity contribution in [1.29, 1.82) is 0 Å². The Morgan fingerprint density at radius 2 is 2.16 bits per heavy atom. The average molecular weight is 265 g/mol. The standard InChI is InChI=1S/C13H23N5O/c1-5-6-10-12(14)15-8-16-13(10)18(4)7-11(19)17-9(2)3/h8-9H,5-7H2,1-4H3,(H,17,19)(H2,14,15,16). The molecule has 0 fully saturated rings. The summed E-state index contributed by atoms with van der Waals surface area (Å²) in [5.74, 6) is 1.19. The second-order valence-corrected chi connectivity index (χ2v) is 4.89. The van der Waals surface area contributed by atoms with Crippen molar-refractivity contribution in [2.24, 2.45) is 0 Å². The van der Waals surface area contributed by atoms with E-state index in [-0.39, 0.29) is 18.5 Å². The minimum Gasteiger partial charge on any atom is -0.383 e. The van der Waals surface area contributed by atoms with Gasteiger partial charge in [-0.05, 0) is 20.3 Å². The number of hydrogen-bond acceptors (Lipinski definition) is 5. The number of nitrogen functional groups attached to an aromatic ring is 1. The molecule has 0 saturated carbocycles. The van der Waals surface area contributed by atoms with Crippen molar-refractivity contribution < 1.29 is 4.79 Å². The first kappa shape index (κ1) is 15.2. The highest BCUT2D eigenvalue weighted by Gasteiger charge is 2.15. The van der Waals surface area contributed by atoms with Crippen LogP contribution in [0.5, 0.6) is 0 Å². The molecule has 6 heteroatoms. The van der Waals surface area contributed by atoms with Crippen LogP contribution < -0.4 is 16.0 Å². The molecule has 0 atom stereocenters. The first-order chi connectivity index (χ1) is 8.95. The number of rotatable bonds is 6. The quantitative estimate of drug-likeness (QED) is 0.800. The molecule has 0 unspecified atom stereocenters. The average Bonchev–Trinajstić information content (AvgIpc) is 2.30. The van der Waals surface area contributed by atoms with Crippen LogP contribution in [0, 0.1) is 0 Å². The van der Waals surface area contributed by atoms with E-state index < -0.39 is 0 Å². The fourth-order valence-corrected chi connectivity index (χ4v) is 1.89. The summed E-state index contributed by atoms with van der Waals surface area (Å²) in [6, 6.07) is 0.131. The lowest BCUT2D eigenvalue weighted by Crippen LogP contribution is -2.39. The highest BCUT2D eigenvalue weighted by atomic mass is 16.2. The van der Waals surface area contributed by atoms with E-state index in [0.29, 0.717) is 5.82 Å². The maximum absolute atomic E-state index is 11.8. The number of anilines is 2. The van der Waals surface area contributed by atoms with Crippen LogP contribution in [-0.4, -0.2) is 35.5 Å². The van der Waals surface area contributed by atoms with E-state index in [4.69, 9.17) is 5.73 Å². The Bertz CT molecular complexity index is 433. The van der Waals surface area contributed by atoms with Gasteiger partial charge in [0.2, 0.25) is 5.91 Å². The number of carbonyl (C=O) groups excluding carboxylic acids is 1. The first-order valence-corrected chi connectivity index (χ1v) is 6.55. The monoisotopic (exact) mass is 265 g/mol. The molecule has 0 aliphatic carbocycles. The maximum atomic E-state index is 11.8. The summed E-state index contributed by atoms with van der Waals surface area (Å²) in [7, 11) is 1.83. The zero-order valence-electron chi connectivity index (χ0n) is 12.1. The highest BCUT2D eigenvalue weighted by molar-refractivity contribution is 5.81. The van der Waals surface area contributed by atoms with Gasteiger partial charge in [-0.15, -0.1) is 0 Å². The Hall–Kier alpha value is -1.85. The Balaban J connectivity index is 2.84. The van der Waals surface area contributed by atoms with Crippen molar-refractivity contribution >= 4 is 17.5 Å².